The number of halogens is 3. The van der Waals surface area contributed by atoms with Gasteiger partial charge in [0, 0.05) is 28.7 Å². The predicted molar refractivity (Wildman–Crippen MR) is 65.9 cm³/mol. The molecule has 0 aliphatic rings. The van der Waals surface area contributed by atoms with Crippen LogP contribution in [0.5, 0.6) is 5.75 Å². The highest BCUT2D eigenvalue weighted by Gasteiger charge is 2.34. The standard InChI is InChI=1S/C12H9F3N2O3/c1-20-11-4-8-7(2-3-17(18)19)6-16-10(8)5-9(11)12(13,14)15/h2-6,16H,1H3. The molecule has 2 rings (SSSR count). The minimum absolute atomic E-state index is 0.223. The smallest absolute Gasteiger partial charge is 0.420 e. The summed E-state index contributed by atoms with van der Waals surface area (Å²) >= 11 is 0. The molecule has 0 spiro atoms. The lowest BCUT2D eigenvalue weighted by Gasteiger charge is -2.12. The Morgan fingerprint density at radius 3 is 2.65 bits per heavy atom. The van der Waals surface area contributed by atoms with Crippen molar-refractivity contribution in [1.29, 1.82) is 0 Å². The molecule has 1 N–H and O–H groups in total. The molecule has 1 aromatic heterocycles. The molecule has 0 radical (unpaired) electrons. The number of nitro groups is 1. The fourth-order valence-corrected chi connectivity index (χ4v) is 1.84. The Kier molecular flexibility index (Phi) is 3.39. The molecule has 5 nitrogen and oxygen atoms in total. The number of nitrogens with one attached hydrogen (secondary N) is 1. The third kappa shape index (κ3) is 2.58. The minimum atomic E-state index is -4.54. The van der Waals surface area contributed by atoms with E-state index in [1.165, 1.54) is 18.3 Å². The van der Waals surface area contributed by atoms with Crippen LogP contribution in [-0.2, 0) is 6.18 Å². The second-order valence-electron chi connectivity index (χ2n) is 3.94. The van der Waals surface area contributed by atoms with Crippen LogP contribution >= 0.6 is 0 Å². The number of methoxy groups -OCH3 is 1. The normalized spacial score (nSPS) is 12.2. The van der Waals surface area contributed by atoms with E-state index in [4.69, 9.17) is 4.74 Å². The van der Waals surface area contributed by atoms with Crippen molar-refractivity contribution < 1.29 is 22.8 Å². The lowest BCUT2D eigenvalue weighted by molar-refractivity contribution is -0.400. The average molecular weight is 286 g/mol. The number of aromatic amines is 1. The van der Waals surface area contributed by atoms with E-state index in [0.29, 0.717) is 17.1 Å². The van der Waals surface area contributed by atoms with E-state index in [0.717, 1.165) is 13.2 Å². The van der Waals surface area contributed by atoms with Crippen molar-refractivity contribution in [2.24, 2.45) is 0 Å². The number of hydrogen-bond donors (Lipinski definition) is 1. The van der Waals surface area contributed by atoms with Crippen LogP contribution in [0.25, 0.3) is 17.0 Å². The van der Waals surface area contributed by atoms with Gasteiger partial charge in [-0.15, -0.1) is 0 Å². The van der Waals surface area contributed by atoms with Gasteiger partial charge in [-0.05, 0) is 12.1 Å². The van der Waals surface area contributed by atoms with Crippen molar-refractivity contribution in [3.8, 4) is 5.75 Å². The number of alkyl halides is 3. The molecule has 0 aliphatic carbocycles. The second-order valence-corrected chi connectivity index (χ2v) is 3.94. The van der Waals surface area contributed by atoms with Gasteiger partial charge in [0.1, 0.15) is 5.75 Å². The molecule has 20 heavy (non-hydrogen) atoms. The molecule has 0 bridgehead atoms. The van der Waals surface area contributed by atoms with E-state index in [1.54, 1.807) is 0 Å². The molecule has 8 heteroatoms. The summed E-state index contributed by atoms with van der Waals surface area (Å²) in [6.45, 7) is 0. The largest absolute Gasteiger partial charge is 0.496 e. The van der Waals surface area contributed by atoms with E-state index in [1.807, 2.05) is 0 Å². The lowest BCUT2D eigenvalue weighted by atomic mass is 10.1. The highest BCUT2D eigenvalue weighted by Crippen LogP contribution is 2.39. The van der Waals surface area contributed by atoms with Gasteiger partial charge < -0.3 is 9.72 Å². The molecule has 0 unspecified atom stereocenters. The Balaban J connectivity index is 2.61. The summed E-state index contributed by atoms with van der Waals surface area (Å²) in [5.74, 6) is -0.333. The molecule has 0 saturated carbocycles. The summed E-state index contributed by atoms with van der Waals surface area (Å²) < 4.78 is 43.2. The third-order valence-corrected chi connectivity index (χ3v) is 2.72. The van der Waals surface area contributed by atoms with Gasteiger partial charge in [0.15, 0.2) is 0 Å². The number of aromatic nitrogens is 1. The van der Waals surface area contributed by atoms with Crippen molar-refractivity contribution in [3.63, 3.8) is 0 Å². The number of nitrogens with zero attached hydrogens (tertiary/aromatic N) is 1. The highest BCUT2D eigenvalue weighted by atomic mass is 19.4. The zero-order chi connectivity index (χ0) is 14.9. The van der Waals surface area contributed by atoms with Crippen molar-refractivity contribution in [2.45, 2.75) is 6.18 Å². The number of ether oxygens (including phenoxy) is 1. The first-order valence-corrected chi connectivity index (χ1v) is 5.41. The summed E-state index contributed by atoms with van der Waals surface area (Å²) in [7, 11) is 1.13. The number of benzene rings is 1. The average Bonchev–Trinajstić information content (AvgIpc) is 2.75. The number of rotatable bonds is 3. The number of H-pyrrole nitrogens is 1. The third-order valence-electron chi connectivity index (χ3n) is 2.72. The first-order chi connectivity index (χ1) is 9.32. The van der Waals surface area contributed by atoms with Crippen LogP contribution in [0.3, 0.4) is 0 Å². The zero-order valence-corrected chi connectivity index (χ0v) is 10.2. The van der Waals surface area contributed by atoms with Gasteiger partial charge in [-0.3, -0.25) is 10.1 Å². The molecule has 0 atom stereocenters. The predicted octanol–water partition coefficient (Wildman–Crippen LogP) is 3.44. The van der Waals surface area contributed by atoms with Crippen LogP contribution < -0.4 is 4.74 Å². The van der Waals surface area contributed by atoms with E-state index < -0.39 is 16.7 Å². The first kappa shape index (κ1) is 13.9. The number of hydrogen-bond acceptors (Lipinski definition) is 3. The van der Waals surface area contributed by atoms with Crippen LogP contribution in [-0.4, -0.2) is 17.0 Å². The van der Waals surface area contributed by atoms with Gasteiger partial charge in [0.05, 0.1) is 17.6 Å². The van der Waals surface area contributed by atoms with E-state index in [9.17, 15) is 23.3 Å². The second kappa shape index (κ2) is 4.87. The van der Waals surface area contributed by atoms with Crippen LogP contribution in [0.4, 0.5) is 13.2 Å². The Hall–Kier alpha value is -2.51. The Bertz CT molecular complexity index is 689. The number of fused-ring (bicyclic) bond motifs is 1. The maximum atomic E-state index is 12.8. The molecular formula is C12H9F3N2O3. The molecule has 106 valence electrons. The van der Waals surface area contributed by atoms with Gasteiger partial charge in [0.2, 0.25) is 6.20 Å². The molecule has 0 aliphatic heterocycles. The molecule has 1 aromatic carbocycles. The summed E-state index contributed by atoms with van der Waals surface area (Å²) in [6, 6.07) is 2.12. The van der Waals surface area contributed by atoms with Crippen molar-refractivity contribution in [2.75, 3.05) is 7.11 Å². The maximum Gasteiger partial charge on any atom is 0.420 e. The van der Waals surface area contributed by atoms with Gasteiger partial charge in [0.25, 0.3) is 0 Å². The van der Waals surface area contributed by atoms with Crippen LogP contribution in [0, 0.1) is 10.1 Å². The summed E-state index contributed by atoms with van der Waals surface area (Å²) in [5, 5.41) is 10.7. The summed E-state index contributed by atoms with van der Waals surface area (Å²) in [5.41, 5.74) is -0.274. The molecule has 0 fully saturated rings. The van der Waals surface area contributed by atoms with Crippen molar-refractivity contribution in [3.05, 3.63) is 45.8 Å². The molecule has 0 amide bonds. The fourth-order valence-electron chi connectivity index (χ4n) is 1.84. The van der Waals surface area contributed by atoms with E-state index in [-0.39, 0.29) is 11.3 Å². The zero-order valence-electron chi connectivity index (χ0n) is 10.2. The topological polar surface area (TPSA) is 68.2 Å². The van der Waals surface area contributed by atoms with Crippen LogP contribution in [0.15, 0.2) is 24.5 Å². The first-order valence-electron chi connectivity index (χ1n) is 5.41. The van der Waals surface area contributed by atoms with Gasteiger partial charge in [-0.2, -0.15) is 13.2 Å². The van der Waals surface area contributed by atoms with Crippen LogP contribution in [0.1, 0.15) is 11.1 Å². The SMILES string of the molecule is COc1cc2c(C=C[N+](=O)[O-])c[nH]c2cc1C(F)(F)F. The van der Waals surface area contributed by atoms with E-state index in [2.05, 4.69) is 4.98 Å². The van der Waals surface area contributed by atoms with Gasteiger partial charge in [-0.1, -0.05) is 0 Å². The summed E-state index contributed by atoms with van der Waals surface area (Å²) in [6.07, 6.45) is -1.23. The molecule has 2 aromatic rings. The van der Waals surface area contributed by atoms with E-state index >= 15 is 0 Å². The highest BCUT2D eigenvalue weighted by molar-refractivity contribution is 5.90. The molecule has 0 saturated heterocycles. The van der Waals surface area contributed by atoms with Crippen molar-refractivity contribution >= 4 is 17.0 Å². The Morgan fingerprint density at radius 2 is 2.10 bits per heavy atom. The monoisotopic (exact) mass is 286 g/mol. The summed E-state index contributed by atoms with van der Waals surface area (Å²) in [4.78, 5) is 12.3. The Labute approximate surface area is 110 Å². The quantitative estimate of drug-likeness (QED) is 0.694. The lowest BCUT2D eigenvalue weighted by Crippen LogP contribution is -2.07. The molecular weight excluding hydrogens is 277 g/mol. The fraction of sp³-hybridized carbons (Fsp3) is 0.167. The Morgan fingerprint density at radius 1 is 1.40 bits per heavy atom. The van der Waals surface area contributed by atoms with Gasteiger partial charge >= 0.3 is 6.18 Å². The van der Waals surface area contributed by atoms with Crippen molar-refractivity contribution in [1.82, 2.24) is 4.98 Å². The molecule has 1 heterocycles. The maximum absolute atomic E-state index is 12.8. The van der Waals surface area contributed by atoms with Gasteiger partial charge in [-0.25, -0.2) is 0 Å². The minimum Gasteiger partial charge on any atom is -0.496 e. The van der Waals surface area contributed by atoms with Crippen LogP contribution in [0.2, 0.25) is 0 Å².